The van der Waals surface area contributed by atoms with Gasteiger partial charge in [0.2, 0.25) is 0 Å². The lowest BCUT2D eigenvalue weighted by Gasteiger charge is -2.19. The molecule has 0 aliphatic carbocycles. The molecule has 0 unspecified atom stereocenters. The molecule has 1 amide bonds. The first-order valence-electron chi connectivity index (χ1n) is 8.34. The standard InChI is InChI=1S/C19H13BrClF6NO3/c1-31-17(30)15(7-9-6-13(21)2-3-14(9)20)28-16(29)10-4-11(18(22,23)24)8-12(5-10)19(25,26)27/h2-6,8,15H,7H2,1H3,(H,28,29)/t15-/m0/s1. The summed E-state index contributed by atoms with van der Waals surface area (Å²) in [5.74, 6) is -2.27. The quantitative estimate of drug-likeness (QED) is 0.400. The lowest BCUT2D eigenvalue weighted by atomic mass is 10.0. The van der Waals surface area contributed by atoms with Gasteiger partial charge in [-0.3, -0.25) is 4.79 Å². The number of nitrogens with one attached hydrogen (secondary N) is 1. The van der Waals surface area contributed by atoms with Gasteiger partial charge in [-0.15, -0.1) is 0 Å². The van der Waals surface area contributed by atoms with Gasteiger partial charge in [0.15, 0.2) is 0 Å². The Morgan fingerprint density at radius 2 is 1.58 bits per heavy atom. The van der Waals surface area contributed by atoms with Crippen LogP contribution in [-0.4, -0.2) is 25.0 Å². The smallest absolute Gasteiger partial charge is 0.416 e. The third kappa shape index (κ3) is 6.60. The van der Waals surface area contributed by atoms with E-state index in [0.717, 1.165) is 7.11 Å². The molecule has 31 heavy (non-hydrogen) atoms. The molecule has 0 saturated carbocycles. The van der Waals surface area contributed by atoms with Gasteiger partial charge in [-0.2, -0.15) is 26.3 Å². The van der Waals surface area contributed by atoms with E-state index in [1.165, 1.54) is 6.07 Å². The maximum absolute atomic E-state index is 13.0. The van der Waals surface area contributed by atoms with Gasteiger partial charge in [0.05, 0.1) is 18.2 Å². The summed E-state index contributed by atoms with van der Waals surface area (Å²) in [4.78, 5) is 24.6. The van der Waals surface area contributed by atoms with Crippen LogP contribution in [0.25, 0.3) is 0 Å². The van der Waals surface area contributed by atoms with Crippen LogP contribution in [0.4, 0.5) is 26.3 Å². The van der Waals surface area contributed by atoms with E-state index in [-0.39, 0.29) is 24.6 Å². The molecular formula is C19H13BrClF6NO3. The lowest BCUT2D eigenvalue weighted by molar-refractivity contribution is -0.144. The normalized spacial score (nSPS) is 12.9. The Morgan fingerprint density at radius 3 is 2.06 bits per heavy atom. The Bertz CT molecular complexity index is 961. The van der Waals surface area contributed by atoms with Crippen molar-refractivity contribution in [2.75, 3.05) is 7.11 Å². The molecule has 1 N–H and O–H groups in total. The average molecular weight is 533 g/mol. The number of rotatable bonds is 5. The third-order valence-corrected chi connectivity index (χ3v) is 5.08. The van der Waals surface area contributed by atoms with Gasteiger partial charge in [0.25, 0.3) is 5.91 Å². The average Bonchev–Trinajstić information content (AvgIpc) is 2.67. The van der Waals surface area contributed by atoms with Gasteiger partial charge in [-0.05, 0) is 42.0 Å². The number of ether oxygens (including phenoxy) is 1. The second-order valence-corrected chi connectivity index (χ2v) is 7.57. The number of methoxy groups -OCH3 is 1. The zero-order chi connectivity index (χ0) is 23.6. The minimum Gasteiger partial charge on any atom is -0.467 e. The summed E-state index contributed by atoms with van der Waals surface area (Å²) in [6, 6.07) is 3.62. The lowest BCUT2D eigenvalue weighted by Crippen LogP contribution is -2.43. The Hall–Kier alpha value is -2.27. The van der Waals surface area contributed by atoms with Crippen LogP contribution in [0.3, 0.4) is 0 Å². The molecular weight excluding hydrogens is 520 g/mol. The Labute approximate surface area is 185 Å². The monoisotopic (exact) mass is 531 g/mol. The molecule has 0 aliphatic heterocycles. The highest BCUT2D eigenvalue weighted by Crippen LogP contribution is 2.36. The molecule has 0 aromatic heterocycles. The van der Waals surface area contributed by atoms with E-state index >= 15 is 0 Å². The largest absolute Gasteiger partial charge is 0.467 e. The van der Waals surface area contributed by atoms with Crippen LogP contribution in [0.1, 0.15) is 27.0 Å². The van der Waals surface area contributed by atoms with Crippen LogP contribution in [0, 0.1) is 0 Å². The molecule has 12 heteroatoms. The molecule has 1 atom stereocenters. The number of carbonyl (C=O) groups is 2. The van der Waals surface area contributed by atoms with Crippen molar-refractivity contribution in [3.05, 3.63) is 68.1 Å². The van der Waals surface area contributed by atoms with Crippen molar-refractivity contribution >= 4 is 39.4 Å². The van der Waals surface area contributed by atoms with E-state index in [4.69, 9.17) is 11.6 Å². The Kier molecular flexibility index (Phi) is 7.64. The topological polar surface area (TPSA) is 55.4 Å². The van der Waals surface area contributed by atoms with Crippen molar-refractivity contribution in [2.24, 2.45) is 0 Å². The summed E-state index contributed by atoms with van der Waals surface area (Å²) in [6.07, 6.45) is -10.4. The van der Waals surface area contributed by atoms with E-state index < -0.39 is 47.0 Å². The fraction of sp³-hybridized carbons (Fsp3) is 0.263. The molecule has 0 aliphatic rings. The first kappa shape index (κ1) is 25.0. The van der Waals surface area contributed by atoms with Crippen molar-refractivity contribution in [1.29, 1.82) is 0 Å². The molecule has 168 valence electrons. The van der Waals surface area contributed by atoms with Gasteiger partial charge < -0.3 is 10.1 Å². The van der Waals surface area contributed by atoms with Gasteiger partial charge >= 0.3 is 18.3 Å². The second kappa shape index (κ2) is 9.47. The fourth-order valence-electron chi connectivity index (χ4n) is 2.58. The van der Waals surface area contributed by atoms with Crippen LogP contribution in [-0.2, 0) is 28.3 Å². The molecule has 2 aromatic rings. The zero-order valence-electron chi connectivity index (χ0n) is 15.5. The van der Waals surface area contributed by atoms with Crippen molar-refractivity contribution in [3.8, 4) is 0 Å². The van der Waals surface area contributed by atoms with E-state index in [1.54, 1.807) is 12.1 Å². The number of halogens is 8. The Balaban J connectivity index is 2.41. The molecule has 4 nitrogen and oxygen atoms in total. The predicted molar refractivity (Wildman–Crippen MR) is 103 cm³/mol. The van der Waals surface area contributed by atoms with Gasteiger partial charge in [-0.1, -0.05) is 27.5 Å². The molecule has 2 aromatic carbocycles. The summed E-state index contributed by atoms with van der Waals surface area (Å²) < 4.78 is 83.2. The number of amides is 1. The fourth-order valence-corrected chi connectivity index (χ4v) is 3.19. The number of hydrogen-bond acceptors (Lipinski definition) is 3. The number of esters is 1. The molecule has 0 heterocycles. The van der Waals surface area contributed by atoms with Crippen LogP contribution in [0.2, 0.25) is 5.02 Å². The van der Waals surface area contributed by atoms with E-state index in [1.807, 2.05) is 0 Å². The van der Waals surface area contributed by atoms with Gasteiger partial charge in [-0.25, -0.2) is 4.79 Å². The second-order valence-electron chi connectivity index (χ2n) is 6.28. The minimum absolute atomic E-state index is 0.0996. The molecule has 0 saturated heterocycles. The molecule has 2 rings (SSSR count). The highest BCUT2D eigenvalue weighted by Gasteiger charge is 2.38. The maximum atomic E-state index is 13.0. The van der Waals surface area contributed by atoms with Crippen molar-refractivity contribution in [1.82, 2.24) is 5.32 Å². The van der Waals surface area contributed by atoms with Crippen LogP contribution >= 0.6 is 27.5 Å². The van der Waals surface area contributed by atoms with Crippen molar-refractivity contribution in [3.63, 3.8) is 0 Å². The summed E-state index contributed by atoms with van der Waals surface area (Å²) in [6.45, 7) is 0. The summed E-state index contributed by atoms with van der Waals surface area (Å²) in [5, 5.41) is 2.43. The number of alkyl halides is 6. The summed E-state index contributed by atoms with van der Waals surface area (Å²) in [5.41, 5.74) is -3.77. The van der Waals surface area contributed by atoms with Crippen molar-refractivity contribution in [2.45, 2.75) is 24.8 Å². The molecule has 0 radical (unpaired) electrons. The number of hydrogen-bond donors (Lipinski definition) is 1. The van der Waals surface area contributed by atoms with Crippen molar-refractivity contribution < 1.29 is 40.7 Å². The maximum Gasteiger partial charge on any atom is 0.416 e. The number of carbonyl (C=O) groups excluding carboxylic acids is 2. The van der Waals surface area contributed by atoms with Gasteiger partial charge in [0, 0.05) is 21.5 Å². The first-order valence-corrected chi connectivity index (χ1v) is 9.51. The molecule has 0 fully saturated rings. The number of benzene rings is 2. The highest BCUT2D eigenvalue weighted by atomic mass is 79.9. The Morgan fingerprint density at radius 1 is 1.03 bits per heavy atom. The summed E-state index contributed by atoms with van der Waals surface area (Å²) >= 11 is 9.13. The molecule has 0 bridgehead atoms. The summed E-state index contributed by atoms with van der Waals surface area (Å²) in [7, 11) is 1.01. The van der Waals surface area contributed by atoms with Crippen LogP contribution < -0.4 is 5.32 Å². The molecule has 0 spiro atoms. The zero-order valence-corrected chi connectivity index (χ0v) is 17.8. The van der Waals surface area contributed by atoms with E-state index in [9.17, 15) is 35.9 Å². The SMILES string of the molecule is COC(=O)[C@H](Cc1cc(Cl)ccc1Br)NC(=O)c1cc(C(F)(F)F)cc(C(F)(F)F)c1. The van der Waals surface area contributed by atoms with Crippen LogP contribution in [0.5, 0.6) is 0 Å². The first-order chi connectivity index (χ1) is 14.2. The highest BCUT2D eigenvalue weighted by molar-refractivity contribution is 9.10. The third-order valence-electron chi connectivity index (χ3n) is 4.07. The minimum atomic E-state index is -5.12. The van der Waals surface area contributed by atoms with E-state index in [0.29, 0.717) is 15.1 Å². The van der Waals surface area contributed by atoms with Crippen LogP contribution in [0.15, 0.2) is 40.9 Å². The van der Waals surface area contributed by atoms with E-state index in [2.05, 4.69) is 26.0 Å². The predicted octanol–water partition coefficient (Wildman–Crippen LogP) is 5.65. The van der Waals surface area contributed by atoms with Gasteiger partial charge in [0.1, 0.15) is 6.04 Å².